The van der Waals surface area contributed by atoms with Crippen LogP contribution in [0, 0.1) is 0 Å². The minimum Gasteiger partial charge on any atom is -0.273 e. The van der Waals surface area contributed by atoms with Crippen molar-refractivity contribution >= 4 is 28.8 Å². The molecule has 1 atom stereocenters. The quantitative estimate of drug-likeness (QED) is 0.880. The maximum Gasteiger partial charge on any atom is 0.240 e. The van der Waals surface area contributed by atoms with Gasteiger partial charge in [-0.15, -0.1) is 0 Å². The lowest BCUT2D eigenvalue weighted by Gasteiger charge is -2.28. The van der Waals surface area contributed by atoms with Crippen molar-refractivity contribution in [3.8, 4) is 0 Å². The summed E-state index contributed by atoms with van der Waals surface area (Å²) < 4.78 is 29.3. The SMILES string of the molecule is O=C1CCC(C2(F)C=CC(c3cccc(Cl)c3)=C(F)C2)=NN1. The number of nitrogens with zero attached hydrogens (tertiary/aromatic N) is 1. The molecule has 1 amide bonds. The number of hydrazone groups is 1. The molecule has 6 heteroatoms. The molecule has 2 aliphatic rings. The first-order valence-corrected chi connectivity index (χ1v) is 7.24. The molecule has 1 aromatic carbocycles. The summed E-state index contributed by atoms with van der Waals surface area (Å²) in [5.74, 6) is -0.824. The third-order valence-corrected chi connectivity index (χ3v) is 3.97. The van der Waals surface area contributed by atoms with E-state index >= 15 is 0 Å². The number of benzene rings is 1. The molecule has 1 aliphatic heterocycles. The Bertz CT molecular complexity index is 727. The van der Waals surface area contributed by atoms with Crippen LogP contribution in [-0.4, -0.2) is 17.3 Å². The van der Waals surface area contributed by atoms with E-state index in [9.17, 15) is 13.6 Å². The average molecular weight is 323 g/mol. The Morgan fingerprint density at radius 2 is 2.14 bits per heavy atom. The van der Waals surface area contributed by atoms with E-state index in [1.807, 2.05) is 0 Å². The van der Waals surface area contributed by atoms with Gasteiger partial charge in [-0.2, -0.15) is 5.10 Å². The van der Waals surface area contributed by atoms with Crippen molar-refractivity contribution in [2.45, 2.75) is 24.9 Å². The number of nitrogens with one attached hydrogen (secondary N) is 1. The van der Waals surface area contributed by atoms with Crippen LogP contribution in [0.2, 0.25) is 5.02 Å². The molecule has 0 aromatic heterocycles. The Morgan fingerprint density at radius 1 is 1.32 bits per heavy atom. The van der Waals surface area contributed by atoms with Gasteiger partial charge in [0, 0.05) is 23.4 Å². The van der Waals surface area contributed by atoms with Crippen molar-refractivity contribution in [2.24, 2.45) is 5.10 Å². The zero-order valence-corrected chi connectivity index (χ0v) is 12.3. The lowest BCUT2D eigenvalue weighted by Crippen LogP contribution is -2.39. The zero-order chi connectivity index (χ0) is 15.7. The lowest BCUT2D eigenvalue weighted by molar-refractivity contribution is -0.121. The Labute approximate surface area is 131 Å². The van der Waals surface area contributed by atoms with Crippen LogP contribution in [0.1, 0.15) is 24.8 Å². The molecule has 3 nitrogen and oxygen atoms in total. The fraction of sp³-hybridized carbons (Fsp3) is 0.250. The molecule has 1 aliphatic carbocycles. The van der Waals surface area contributed by atoms with E-state index in [-0.39, 0.29) is 24.5 Å². The standard InChI is InChI=1S/C16H13ClF2N2O/c17-11-3-1-2-10(8-11)12-6-7-16(19,9-13(12)18)14-4-5-15(22)21-20-14/h1-3,6-8H,4-5,9H2,(H,21,22). The highest BCUT2D eigenvalue weighted by Crippen LogP contribution is 2.38. The van der Waals surface area contributed by atoms with Crippen molar-refractivity contribution < 1.29 is 13.6 Å². The Balaban J connectivity index is 1.89. The monoisotopic (exact) mass is 322 g/mol. The van der Waals surface area contributed by atoms with Gasteiger partial charge in [-0.1, -0.05) is 29.8 Å². The van der Waals surface area contributed by atoms with Gasteiger partial charge in [0.05, 0.1) is 5.71 Å². The summed E-state index contributed by atoms with van der Waals surface area (Å²) in [6.07, 6.45) is 2.61. The van der Waals surface area contributed by atoms with Crippen molar-refractivity contribution in [2.75, 3.05) is 0 Å². The summed E-state index contributed by atoms with van der Waals surface area (Å²) in [5, 5.41) is 4.22. The van der Waals surface area contributed by atoms with Crippen LogP contribution in [0.4, 0.5) is 8.78 Å². The van der Waals surface area contributed by atoms with Crippen LogP contribution in [0.25, 0.3) is 5.57 Å². The van der Waals surface area contributed by atoms with Crippen LogP contribution in [0.15, 0.2) is 47.3 Å². The van der Waals surface area contributed by atoms with Gasteiger partial charge in [-0.25, -0.2) is 14.2 Å². The molecule has 22 heavy (non-hydrogen) atoms. The zero-order valence-electron chi connectivity index (χ0n) is 11.6. The van der Waals surface area contributed by atoms with Gasteiger partial charge in [-0.05, 0) is 30.2 Å². The fourth-order valence-electron chi connectivity index (χ4n) is 2.57. The summed E-state index contributed by atoms with van der Waals surface area (Å²) in [5.41, 5.74) is 1.30. The van der Waals surface area contributed by atoms with Crippen molar-refractivity contribution in [3.05, 3.63) is 52.8 Å². The van der Waals surface area contributed by atoms with Gasteiger partial charge in [0.15, 0.2) is 5.67 Å². The molecule has 0 fully saturated rings. The van der Waals surface area contributed by atoms with Gasteiger partial charge in [0.1, 0.15) is 5.83 Å². The second-order valence-electron chi connectivity index (χ2n) is 5.29. The van der Waals surface area contributed by atoms with Crippen LogP contribution < -0.4 is 5.43 Å². The van der Waals surface area contributed by atoms with E-state index in [0.29, 0.717) is 16.2 Å². The number of halogens is 3. The highest BCUT2D eigenvalue weighted by molar-refractivity contribution is 6.30. The molecular weight excluding hydrogens is 310 g/mol. The molecule has 1 N–H and O–H groups in total. The van der Waals surface area contributed by atoms with E-state index in [2.05, 4.69) is 10.5 Å². The van der Waals surface area contributed by atoms with Crippen LogP contribution in [0.3, 0.4) is 0 Å². The van der Waals surface area contributed by atoms with Crippen molar-refractivity contribution in [3.63, 3.8) is 0 Å². The topological polar surface area (TPSA) is 41.5 Å². The lowest BCUT2D eigenvalue weighted by atomic mass is 9.84. The van der Waals surface area contributed by atoms with E-state index in [0.717, 1.165) is 0 Å². The van der Waals surface area contributed by atoms with Crippen LogP contribution >= 0.6 is 11.6 Å². The predicted octanol–water partition coefficient (Wildman–Crippen LogP) is 3.95. The summed E-state index contributed by atoms with van der Waals surface area (Å²) in [4.78, 5) is 11.1. The number of amides is 1. The van der Waals surface area contributed by atoms with Gasteiger partial charge in [0.2, 0.25) is 5.91 Å². The molecule has 114 valence electrons. The van der Waals surface area contributed by atoms with E-state index < -0.39 is 17.9 Å². The molecule has 3 rings (SSSR count). The minimum atomic E-state index is -2.00. The van der Waals surface area contributed by atoms with Gasteiger partial charge >= 0.3 is 0 Å². The van der Waals surface area contributed by atoms with Crippen molar-refractivity contribution in [1.29, 1.82) is 0 Å². The molecular formula is C16H13ClF2N2O. The molecule has 0 radical (unpaired) electrons. The number of hydrogen-bond donors (Lipinski definition) is 1. The fourth-order valence-corrected chi connectivity index (χ4v) is 2.76. The van der Waals surface area contributed by atoms with Crippen LogP contribution in [0.5, 0.6) is 0 Å². The molecule has 0 bridgehead atoms. The number of alkyl halides is 1. The molecule has 1 unspecified atom stereocenters. The second kappa shape index (κ2) is 5.65. The smallest absolute Gasteiger partial charge is 0.240 e. The molecule has 0 spiro atoms. The summed E-state index contributed by atoms with van der Waals surface area (Å²) >= 11 is 5.90. The van der Waals surface area contributed by atoms with E-state index in [1.54, 1.807) is 24.3 Å². The number of allylic oxidation sites excluding steroid dienone is 4. The molecule has 0 saturated carbocycles. The maximum atomic E-state index is 14.9. The maximum absolute atomic E-state index is 14.9. The van der Waals surface area contributed by atoms with E-state index in [4.69, 9.17) is 11.6 Å². The normalized spacial score (nSPS) is 25.0. The third kappa shape index (κ3) is 2.81. The Morgan fingerprint density at radius 3 is 2.77 bits per heavy atom. The van der Waals surface area contributed by atoms with Crippen LogP contribution in [-0.2, 0) is 4.79 Å². The number of rotatable bonds is 2. The highest BCUT2D eigenvalue weighted by atomic mass is 35.5. The Kier molecular flexibility index (Phi) is 3.83. The van der Waals surface area contributed by atoms with Gasteiger partial charge in [-0.3, -0.25) is 4.79 Å². The minimum absolute atomic E-state index is 0.142. The number of carbonyl (C=O) groups is 1. The van der Waals surface area contributed by atoms with Gasteiger partial charge < -0.3 is 0 Å². The summed E-state index contributed by atoms with van der Waals surface area (Å²) in [6.45, 7) is 0. The average Bonchev–Trinajstić information content (AvgIpc) is 2.47. The first-order chi connectivity index (χ1) is 10.5. The molecule has 1 aromatic rings. The molecule has 1 heterocycles. The largest absolute Gasteiger partial charge is 0.273 e. The summed E-state index contributed by atoms with van der Waals surface area (Å²) in [6, 6.07) is 6.75. The van der Waals surface area contributed by atoms with Gasteiger partial charge in [0.25, 0.3) is 0 Å². The number of carbonyl (C=O) groups excluding carboxylic acids is 1. The van der Waals surface area contributed by atoms with Crippen molar-refractivity contribution in [1.82, 2.24) is 5.43 Å². The molecule has 0 saturated heterocycles. The summed E-state index contributed by atoms with van der Waals surface area (Å²) in [7, 11) is 0. The Hall–Kier alpha value is -2.01. The first-order valence-electron chi connectivity index (χ1n) is 6.86. The highest BCUT2D eigenvalue weighted by Gasteiger charge is 2.39. The predicted molar refractivity (Wildman–Crippen MR) is 81.9 cm³/mol. The first kappa shape index (κ1) is 14.9. The second-order valence-corrected chi connectivity index (χ2v) is 5.73. The van der Waals surface area contributed by atoms with E-state index in [1.165, 1.54) is 12.2 Å². The number of hydrogen-bond acceptors (Lipinski definition) is 2. The third-order valence-electron chi connectivity index (χ3n) is 3.74.